The normalized spacial score (nSPS) is 12.9. The van der Waals surface area contributed by atoms with Crippen molar-refractivity contribution in [1.29, 1.82) is 0 Å². The summed E-state index contributed by atoms with van der Waals surface area (Å²) in [7, 11) is 8.47. The molecule has 0 saturated carbocycles. The topological polar surface area (TPSA) is 40.5 Å². The molecule has 0 amide bonds. The van der Waals surface area contributed by atoms with Gasteiger partial charge in [-0.15, -0.1) is 0 Å². The molecule has 2 N–H and O–H groups in total. The van der Waals surface area contributed by atoms with Crippen molar-refractivity contribution >= 4 is 36.0 Å². The summed E-state index contributed by atoms with van der Waals surface area (Å²) in [5, 5.41) is 0.325. The Kier molecular flexibility index (Phi) is 21.0. The van der Waals surface area contributed by atoms with Gasteiger partial charge < -0.3 is 4.89 Å². The first-order valence-electron chi connectivity index (χ1n) is 7.94. The maximum atomic E-state index is 9.82. The van der Waals surface area contributed by atoms with Gasteiger partial charge in [0.05, 0.1) is 10.3 Å². The Morgan fingerprint density at radius 1 is 0.708 bits per heavy atom. The van der Waals surface area contributed by atoms with Gasteiger partial charge in [-0.3, -0.25) is 4.89 Å². The number of rotatable bonds is 0. The van der Waals surface area contributed by atoms with E-state index in [4.69, 9.17) is 24.0 Å². The second-order valence-corrected chi connectivity index (χ2v) is 18.0. The summed E-state index contributed by atoms with van der Waals surface area (Å²) < 4.78 is 0. The molecular formula is C17H43Cl2O2P2Pd+. The summed E-state index contributed by atoms with van der Waals surface area (Å²) in [5.41, 5.74) is 0.500. The Morgan fingerprint density at radius 3 is 0.833 bits per heavy atom. The average molecular weight is 519 g/mol. The summed E-state index contributed by atoms with van der Waals surface area (Å²) in [4.78, 5) is 18.3. The summed E-state index contributed by atoms with van der Waals surface area (Å²) in [6.45, 7) is 27.4. The van der Waals surface area contributed by atoms with Gasteiger partial charge in [0.1, 0.15) is 8.15 Å². The minimum atomic E-state index is -1.22. The molecule has 0 aliphatic carbocycles. The molecule has 0 aromatic carbocycles. The standard InChI is InChI=1S/C8H19OP.C5H12.C4H11OP.2ClH.Pd/c1-7(2,3)10(9)8(4,5)6;1-5(2,3)4;1-4(2,3)6-5;;;/h9H,1-6H3;1-4H3;5-6H,1-3H3;2*1H;/q;;;;;+2/p-1. The molecule has 156 valence electrons. The molecule has 0 spiro atoms. The molecule has 0 saturated heterocycles. The van der Waals surface area contributed by atoms with Crippen LogP contribution >= 0.6 is 36.0 Å². The van der Waals surface area contributed by atoms with Crippen LogP contribution in [0.4, 0.5) is 0 Å². The van der Waals surface area contributed by atoms with Crippen molar-refractivity contribution in [3.63, 3.8) is 0 Å². The molecular weight excluding hydrogens is 475 g/mol. The third-order valence-corrected chi connectivity index (χ3v) is 5.27. The summed E-state index contributed by atoms with van der Waals surface area (Å²) >= 11 is -0.106. The van der Waals surface area contributed by atoms with E-state index in [0.717, 1.165) is 0 Å². The first-order valence-corrected chi connectivity index (χ1v) is 14.3. The monoisotopic (exact) mass is 517 g/mol. The zero-order valence-electron chi connectivity index (χ0n) is 18.0. The first-order chi connectivity index (χ1) is 10.1. The maximum absolute atomic E-state index is 9.82. The molecule has 0 heterocycles. The van der Waals surface area contributed by atoms with Crippen LogP contribution in [-0.4, -0.2) is 25.3 Å². The van der Waals surface area contributed by atoms with Gasteiger partial charge in [0, 0.05) is 14.0 Å². The van der Waals surface area contributed by atoms with Crippen LogP contribution in [0.25, 0.3) is 0 Å². The first kappa shape index (κ1) is 33.6. The zero-order chi connectivity index (χ0) is 21.0. The van der Waals surface area contributed by atoms with E-state index in [1.807, 2.05) is 20.8 Å². The predicted octanol–water partition coefficient (Wildman–Crippen LogP) is 7.50. The fraction of sp³-hybridized carbons (Fsp3) is 1.00. The van der Waals surface area contributed by atoms with Crippen molar-refractivity contribution in [2.45, 2.75) is 105 Å². The van der Waals surface area contributed by atoms with Gasteiger partial charge in [-0.2, -0.15) is 0 Å². The molecule has 7 heteroatoms. The number of hydrogen-bond donors (Lipinski definition) is 2. The Balaban J connectivity index is -0.000000123. The van der Waals surface area contributed by atoms with Gasteiger partial charge in [0.15, 0.2) is 0 Å². The van der Waals surface area contributed by atoms with Gasteiger partial charge in [-0.1, -0.05) is 48.5 Å². The van der Waals surface area contributed by atoms with Crippen molar-refractivity contribution < 1.29 is 25.7 Å². The van der Waals surface area contributed by atoms with Gasteiger partial charge in [-0.05, 0) is 47.0 Å². The molecule has 0 aliphatic rings. The quantitative estimate of drug-likeness (QED) is 0.257. The van der Waals surface area contributed by atoms with Crippen LogP contribution in [-0.2, 0) is 15.9 Å². The fourth-order valence-corrected chi connectivity index (χ4v) is 3.38. The van der Waals surface area contributed by atoms with E-state index in [9.17, 15) is 4.89 Å². The SMILES string of the molecule is CC(C)(C)C.CC(C)(C)PO.CC(C)(C)[PH+](O)C(C)(C)C.[Cl][Pd][Cl]. The van der Waals surface area contributed by atoms with Crippen LogP contribution in [0.2, 0.25) is 0 Å². The Labute approximate surface area is 172 Å². The van der Waals surface area contributed by atoms with Crippen LogP contribution < -0.4 is 0 Å². The van der Waals surface area contributed by atoms with Gasteiger partial charge in [-0.25, -0.2) is 0 Å². The van der Waals surface area contributed by atoms with E-state index in [1.165, 1.54) is 0 Å². The third-order valence-electron chi connectivity index (χ3n) is 1.76. The molecule has 2 nitrogen and oxygen atoms in total. The van der Waals surface area contributed by atoms with Crippen LogP contribution in [0.1, 0.15) is 90.0 Å². The van der Waals surface area contributed by atoms with Crippen LogP contribution in [0, 0.1) is 5.41 Å². The Bertz CT molecular complexity index is 258. The van der Waals surface area contributed by atoms with Gasteiger partial charge in [0.25, 0.3) is 0 Å². The minimum absolute atomic E-state index is 0.0671. The molecule has 0 aromatic rings. The molecule has 0 bridgehead atoms. The summed E-state index contributed by atoms with van der Waals surface area (Å²) in [6, 6.07) is 0. The number of hydrogen-bond acceptors (Lipinski definition) is 2. The molecule has 0 rings (SSSR count). The average Bonchev–Trinajstić information content (AvgIpc) is 2.24. The van der Waals surface area contributed by atoms with E-state index in [2.05, 4.69) is 69.2 Å². The van der Waals surface area contributed by atoms with Crippen molar-refractivity contribution in [1.82, 2.24) is 0 Å². The van der Waals surface area contributed by atoms with E-state index in [1.54, 1.807) is 0 Å². The molecule has 0 aliphatic heterocycles. The Hall–Kier alpha value is 2.02. The zero-order valence-corrected chi connectivity index (χ0v) is 23.0. The molecule has 0 radical (unpaired) electrons. The molecule has 0 fully saturated rings. The van der Waals surface area contributed by atoms with E-state index < -0.39 is 8.15 Å². The summed E-state index contributed by atoms with van der Waals surface area (Å²) in [6.07, 6.45) is 0. The van der Waals surface area contributed by atoms with Crippen molar-refractivity contribution in [2.75, 3.05) is 0 Å². The van der Waals surface area contributed by atoms with Crippen LogP contribution in [0.15, 0.2) is 0 Å². The second kappa shape index (κ2) is 15.0. The van der Waals surface area contributed by atoms with E-state index in [0.29, 0.717) is 5.41 Å². The summed E-state index contributed by atoms with van der Waals surface area (Å²) in [5.74, 6) is 0. The van der Waals surface area contributed by atoms with Crippen LogP contribution in [0.3, 0.4) is 0 Å². The predicted molar refractivity (Wildman–Crippen MR) is 117 cm³/mol. The molecule has 24 heavy (non-hydrogen) atoms. The van der Waals surface area contributed by atoms with E-state index >= 15 is 0 Å². The van der Waals surface area contributed by atoms with Crippen molar-refractivity contribution in [3.8, 4) is 0 Å². The van der Waals surface area contributed by atoms with Crippen molar-refractivity contribution in [2.24, 2.45) is 5.41 Å². The van der Waals surface area contributed by atoms with Crippen molar-refractivity contribution in [3.05, 3.63) is 0 Å². The Morgan fingerprint density at radius 2 is 0.833 bits per heavy atom. The van der Waals surface area contributed by atoms with Crippen LogP contribution in [0.5, 0.6) is 0 Å². The fourth-order valence-electron chi connectivity index (χ4n) is 1.12. The molecule has 1 unspecified atom stereocenters. The molecule has 0 aromatic heterocycles. The van der Waals surface area contributed by atoms with E-state index in [-0.39, 0.29) is 40.2 Å². The molecule has 1 atom stereocenters. The second-order valence-electron chi connectivity index (χ2n) is 10.3. The number of halogens is 2. The van der Waals surface area contributed by atoms with Gasteiger partial charge in [0.2, 0.25) is 0 Å². The van der Waals surface area contributed by atoms with Gasteiger partial charge >= 0.3 is 35.0 Å². The third kappa shape index (κ3) is 43.9.